The number of nitrogens with zero attached hydrogens (tertiary/aromatic N) is 1. The average molecular weight is 586 g/mol. The number of halogens is 2. The molecule has 0 saturated carbocycles. The summed E-state index contributed by atoms with van der Waals surface area (Å²) >= 11 is 9.42. The Kier molecular flexibility index (Phi) is 8.19. The van der Waals surface area contributed by atoms with Crippen molar-refractivity contribution in [3.05, 3.63) is 80.8 Å². The predicted molar refractivity (Wildman–Crippen MR) is 146 cm³/mol. The van der Waals surface area contributed by atoms with Gasteiger partial charge in [0.05, 0.1) is 10.9 Å². The molecule has 1 atom stereocenters. The van der Waals surface area contributed by atoms with Crippen LogP contribution in [-0.2, 0) is 19.1 Å². The molecule has 192 valence electrons. The summed E-state index contributed by atoms with van der Waals surface area (Å²) in [6.07, 6.45) is 0.0166. The van der Waals surface area contributed by atoms with Crippen LogP contribution in [0, 0.1) is 26.7 Å². The Labute approximate surface area is 228 Å². The fraction of sp³-hybridized carbons (Fsp3) is 0.250. The van der Waals surface area contributed by atoms with E-state index in [1.165, 1.54) is 5.56 Å². The van der Waals surface area contributed by atoms with Gasteiger partial charge in [0.25, 0.3) is 5.91 Å². The zero-order chi connectivity index (χ0) is 26.7. The second kappa shape index (κ2) is 11.4. The summed E-state index contributed by atoms with van der Waals surface area (Å²) in [5.74, 6) is -0.548. The molecule has 1 saturated heterocycles. The summed E-state index contributed by atoms with van der Waals surface area (Å²) < 4.78 is 11.8. The van der Waals surface area contributed by atoms with E-state index in [-0.39, 0.29) is 18.9 Å². The van der Waals surface area contributed by atoms with E-state index < -0.39 is 24.4 Å². The normalized spacial score (nSPS) is 15.0. The van der Waals surface area contributed by atoms with E-state index in [1.807, 2.05) is 39.0 Å². The van der Waals surface area contributed by atoms with Gasteiger partial charge in [-0.15, -0.1) is 0 Å². The lowest BCUT2D eigenvalue weighted by Gasteiger charge is -2.17. The highest BCUT2D eigenvalue weighted by Crippen LogP contribution is 2.31. The molecule has 0 spiro atoms. The van der Waals surface area contributed by atoms with Gasteiger partial charge in [-0.05, 0) is 102 Å². The molecule has 37 heavy (non-hydrogen) atoms. The van der Waals surface area contributed by atoms with Crippen LogP contribution in [-0.4, -0.2) is 30.9 Å². The van der Waals surface area contributed by atoms with Crippen LogP contribution in [0.15, 0.2) is 59.1 Å². The summed E-state index contributed by atoms with van der Waals surface area (Å²) in [6.45, 7) is 5.61. The lowest BCUT2D eigenvalue weighted by Crippen LogP contribution is -2.28. The van der Waals surface area contributed by atoms with E-state index in [0.717, 1.165) is 21.3 Å². The summed E-state index contributed by atoms with van der Waals surface area (Å²) in [7, 11) is 0. The van der Waals surface area contributed by atoms with Gasteiger partial charge in [-0.1, -0.05) is 17.7 Å². The third kappa shape index (κ3) is 6.50. The van der Waals surface area contributed by atoms with Crippen LogP contribution in [0.4, 0.5) is 11.4 Å². The van der Waals surface area contributed by atoms with Crippen molar-refractivity contribution in [3.8, 4) is 11.5 Å². The highest BCUT2D eigenvalue weighted by Gasteiger charge is 2.36. The number of esters is 1. The largest absolute Gasteiger partial charge is 0.457 e. The number of hydrogen-bond donors (Lipinski definition) is 1. The Bertz CT molecular complexity index is 1360. The third-order valence-electron chi connectivity index (χ3n) is 6.21. The first-order valence-electron chi connectivity index (χ1n) is 11.7. The van der Waals surface area contributed by atoms with Gasteiger partial charge in [0.2, 0.25) is 5.91 Å². The monoisotopic (exact) mass is 584 g/mol. The number of amides is 2. The maximum Gasteiger partial charge on any atom is 0.311 e. The van der Waals surface area contributed by atoms with Crippen LogP contribution < -0.4 is 15.0 Å². The molecule has 1 aliphatic rings. The van der Waals surface area contributed by atoms with Gasteiger partial charge >= 0.3 is 5.97 Å². The topological polar surface area (TPSA) is 84.9 Å². The minimum absolute atomic E-state index is 0.0166. The van der Waals surface area contributed by atoms with Crippen molar-refractivity contribution in [2.75, 3.05) is 23.4 Å². The number of anilines is 2. The number of carbonyl (C=O) groups is 3. The summed E-state index contributed by atoms with van der Waals surface area (Å²) in [5.41, 5.74) is 4.32. The van der Waals surface area contributed by atoms with Crippen molar-refractivity contribution in [2.45, 2.75) is 27.2 Å². The van der Waals surface area contributed by atoms with Gasteiger partial charge in [0.1, 0.15) is 11.5 Å². The van der Waals surface area contributed by atoms with Gasteiger partial charge in [-0.2, -0.15) is 0 Å². The van der Waals surface area contributed by atoms with Crippen molar-refractivity contribution in [2.24, 2.45) is 5.92 Å². The average Bonchev–Trinajstić information content (AvgIpc) is 3.25. The Morgan fingerprint density at radius 1 is 1.00 bits per heavy atom. The molecule has 0 bridgehead atoms. The molecule has 4 rings (SSSR count). The zero-order valence-electron chi connectivity index (χ0n) is 20.6. The Balaban J connectivity index is 1.30. The van der Waals surface area contributed by atoms with Crippen molar-refractivity contribution >= 4 is 56.7 Å². The second-order valence-electron chi connectivity index (χ2n) is 8.98. The number of carbonyl (C=O) groups excluding carboxylic acids is 3. The van der Waals surface area contributed by atoms with Crippen LogP contribution >= 0.6 is 27.5 Å². The Morgan fingerprint density at radius 2 is 1.70 bits per heavy atom. The molecule has 0 aliphatic carbocycles. The van der Waals surface area contributed by atoms with Crippen molar-refractivity contribution in [1.82, 2.24) is 0 Å². The highest BCUT2D eigenvalue weighted by molar-refractivity contribution is 9.10. The first kappa shape index (κ1) is 26.7. The molecule has 0 aromatic heterocycles. The number of hydrogen-bond acceptors (Lipinski definition) is 5. The van der Waals surface area contributed by atoms with E-state index in [9.17, 15) is 14.4 Å². The fourth-order valence-corrected chi connectivity index (χ4v) is 4.57. The zero-order valence-corrected chi connectivity index (χ0v) is 23.0. The smallest absolute Gasteiger partial charge is 0.311 e. The number of ether oxygens (including phenoxy) is 2. The van der Waals surface area contributed by atoms with Crippen LogP contribution in [0.3, 0.4) is 0 Å². The highest BCUT2D eigenvalue weighted by atomic mass is 79.9. The third-order valence-corrected chi connectivity index (χ3v) is 7.40. The summed E-state index contributed by atoms with van der Waals surface area (Å²) in [6, 6.07) is 16.4. The molecule has 0 unspecified atom stereocenters. The SMILES string of the molecule is Cc1ccc(Oc2ccc(N3C[C@@H](C(=O)OCC(=O)Nc4cc(Cl)c(Br)cc4C)CC3=O)cc2)cc1C. The number of benzene rings is 3. The molecule has 7 nitrogen and oxygen atoms in total. The molecule has 1 heterocycles. The van der Waals surface area contributed by atoms with Crippen LogP contribution in [0.5, 0.6) is 11.5 Å². The minimum atomic E-state index is -0.657. The first-order chi connectivity index (χ1) is 17.6. The lowest BCUT2D eigenvalue weighted by atomic mass is 10.1. The molecule has 3 aromatic rings. The minimum Gasteiger partial charge on any atom is -0.457 e. The number of nitrogens with one attached hydrogen (secondary N) is 1. The molecule has 1 N–H and O–H groups in total. The van der Waals surface area contributed by atoms with E-state index in [4.69, 9.17) is 21.1 Å². The molecule has 0 radical (unpaired) electrons. The van der Waals surface area contributed by atoms with Crippen LogP contribution in [0.2, 0.25) is 5.02 Å². The molecular weight excluding hydrogens is 560 g/mol. The molecule has 1 aliphatic heterocycles. The van der Waals surface area contributed by atoms with Crippen molar-refractivity contribution in [3.63, 3.8) is 0 Å². The van der Waals surface area contributed by atoms with Gasteiger partial charge in [0, 0.05) is 28.8 Å². The maximum absolute atomic E-state index is 12.6. The molecule has 3 aromatic carbocycles. The van der Waals surface area contributed by atoms with Gasteiger partial charge < -0.3 is 19.7 Å². The molecule has 2 amide bonds. The van der Waals surface area contributed by atoms with E-state index in [0.29, 0.717) is 22.1 Å². The maximum atomic E-state index is 12.6. The standard InChI is InChI=1S/C28H26BrClN2O5/c1-16-4-7-22(10-17(16)2)37-21-8-5-20(6-9-21)32-14-19(12-27(32)34)28(35)36-15-26(33)31-25-13-24(30)23(29)11-18(25)3/h4-11,13,19H,12,14-15H2,1-3H3,(H,31,33)/t19-/m0/s1. The fourth-order valence-electron chi connectivity index (χ4n) is 3.94. The van der Waals surface area contributed by atoms with Crippen molar-refractivity contribution < 1.29 is 23.9 Å². The molecule has 1 fully saturated rings. The van der Waals surface area contributed by atoms with E-state index >= 15 is 0 Å². The van der Waals surface area contributed by atoms with Gasteiger partial charge in [-0.25, -0.2) is 0 Å². The quantitative estimate of drug-likeness (QED) is 0.327. The van der Waals surface area contributed by atoms with Crippen molar-refractivity contribution in [1.29, 1.82) is 0 Å². The van der Waals surface area contributed by atoms with Gasteiger partial charge in [0.15, 0.2) is 6.61 Å². The Morgan fingerprint density at radius 3 is 2.41 bits per heavy atom. The summed E-state index contributed by atoms with van der Waals surface area (Å²) in [5, 5.41) is 3.14. The second-order valence-corrected chi connectivity index (χ2v) is 10.2. The van der Waals surface area contributed by atoms with Crippen LogP contribution in [0.25, 0.3) is 0 Å². The lowest BCUT2D eigenvalue weighted by molar-refractivity contribution is -0.151. The van der Waals surface area contributed by atoms with Gasteiger partial charge in [-0.3, -0.25) is 14.4 Å². The molecular formula is C28H26BrClN2O5. The predicted octanol–water partition coefficient (Wildman–Crippen LogP) is 6.35. The number of rotatable bonds is 7. The number of aryl methyl sites for hydroxylation is 3. The van der Waals surface area contributed by atoms with E-state index in [1.54, 1.807) is 41.3 Å². The first-order valence-corrected chi connectivity index (χ1v) is 12.9. The molecule has 9 heteroatoms. The van der Waals surface area contributed by atoms with Crippen LogP contribution in [0.1, 0.15) is 23.1 Å². The summed E-state index contributed by atoms with van der Waals surface area (Å²) in [4.78, 5) is 39.0. The van der Waals surface area contributed by atoms with E-state index in [2.05, 4.69) is 21.2 Å². The Hall–Kier alpha value is -3.36.